The molecule has 13 heavy (non-hydrogen) atoms. The maximum Gasteiger partial charge on any atom is 0.166 e. The Morgan fingerprint density at radius 2 is 2.23 bits per heavy atom. The molecule has 1 aromatic carbocycles. The van der Waals surface area contributed by atoms with E-state index in [0.717, 1.165) is 5.56 Å². The number of ketones is 1. The van der Waals surface area contributed by atoms with Gasteiger partial charge in [0.05, 0.1) is 0 Å². The quantitative estimate of drug-likeness (QED) is 0.459. The molecule has 0 heterocycles. The molecule has 3 heteroatoms. The third kappa shape index (κ3) is 2.22. The van der Waals surface area contributed by atoms with Crippen LogP contribution in [0.3, 0.4) is 0 Å². The Bertz CT molecular complexity index is 302. The molecule has 0 bridgehead atoms. The van der Waals surface area contributed by atoms with Crippen molar-refractivity contribution in [3.8, 4) is 0 Å². The van der Waals surface area contributed by atoms with E-state index in [2.05, 4.69) is 0 Å². The van der Waals surface area contributed by atoms with Crippen molar-refractivity contribution in [2.24, 2.45) is 0 Å². The maximum atomic E-state index is 11.5. The molecule has 0 unspecified atom stereocenters. The highest BCUT2D eigenvalue weighted by atomic mass is 35.5. The molecule has 1 aromatic rings. The van der Waals surface area contributed by atoms with Gasteiger partial charge in [-0.1, -0.05) is 12.1 Å². The van der Waals surface area contributed by atoms with Gasteiger partial charge in [-0.05, 0) is 18.6 Å². The smallest absolute Gasteiger partial charge is 0.166 e. The molecule has 0 aliphatic heterocycles. The largest absolute Gasteiger partial charge is 0.398 e. The number of hydrogen-bond donors (Lipinski definition) is 1. The Kier molecular flexibility index (Phi) is 3.32. The molecule has 0 saturated carbocycles. The van der Waals surface area contributed by atoms with Gasteiger partial charge in [0.2, 0.25) is 0 Å². The van der Waals surface area contributed by atoms with Crippen LogP contribution in [0.4, 0.5) is 5.69 Å². The number of rotatable bonds is 3. The van der Waals surface area contributed by atoms with Crippen LogP contribution in [0.2, 0.25) is 0 Å². The van der Waals surface area contributed by atoms with Crippen LogP contribution in [0.25, 0.3) is 0 Å². The van der Waals surface area contributed by atoms with Crippen molar-refractivity contribution < 1.29 is 4.79 Å². The van der Waals surface area contributed by atoms with E-state index < -0.39 is 0 Å². The van der Waals surface area contributed by atoms with Crippen molar-refractivity contribution in [3.63, 3.8) is 0 Å². The number of nitrogens with two attached hydrogens (primary N) is 1. The van der Waals surface area contributed by atoms with E-state index in [0.29, 0.717) is 23.6 Å². The summed E-state index contributed by atoms with van der Waals surface area (Å²) < 4.78 is 0. The number of halogens is 1. The lowest BCUT2D eigenvalue weighted by atomic mass is 10.0. The first kappa shape index (κ1) is 10.1. The van der Waals surface area contributed by atoms with Gasteiger partial charge in [0.1, 0.15) is 0 Å². The second-order valence-corrected chi connectivity index (χ2v) is 3.28. The van der Waals surface area contributed by atoms with Crippen molar-refractivity contribution in [3.05, 3.63) is 29.3 Å². The zero-order chi connectivity index (χ0) is 9.84. The molecule has 1 rings (SSSR count). The first-order chi connectivity index (χ1) is 6.16. The van der Waals surface area contributed by atoms with E-state index >= 15 is 0 Å². The Morgan fingerprint density at radius 1 is 1.54 bits per heavy atom. The van der Waals surface area contributed by atoms with E-state index in [9.17, 15) is 4.79 Å². The van der Waals surface area contributed by atoms with Gasteiger partial charge >= 0.3 is 0 Å². The third-order valence-electron chi connectivity index (χ3n) is 1.91. The Hall–Kier alpha value is -1.02. The summed E-state index contributed by atoms with van der Waals surface area (Å²) in [5.74, 6) is 0.359. The van der Waals surface area contributed by atoms with Crippen molar-refractivity contribution >= 4 is 23.1 Å². The zero-order valence-electron chi connectivity index (χ0n) is 7.51. The first-order valence-electron chi connectivity index (χ1n) is 4.11. The second kappa shape index (κ2) is 4.28. The highest BCUT2D eigenvalue weighted by molar-refractivity contribution is 6.20. The van der Waals surface area contributed by atoms with Crippen molar-refractivity contribution in [1.82, 2.24) is 0 Å². The topological polar surface area (TPSA) is 43.1 Å². The summed E-state index contributed by atoms with van der Waals surface area (Å²) in [6.07, 6.45) is 0.344. The van der Waals surface area contributed by atoms with Crippen LogP contribution in [-0.2, 0) is 0 Å². The minimum Gasteiger partial charge on any atom is -0.398 e. The van der Waals surface area contributed by atoms with E-state index in [4.69, 9.17) is 17.3 Å². The fourth-order valence-electron chi connectivity index (χ4n) is 1.28. The summed E-state index contributed by atoms with van der Waals surface area (Å²) in [5, 5.41) is 0. The van der Waals surface area contributed by atoms with Gasteiger partial charge in [-0.2, -0.15) is 0 Å². The number of carbonyl (C=O) groups is 1. The Balaban J connectivity index is 3.05. The minimum atomic E-state index is 0.0191. The van der Waals surface area contributed by atoms with Gasteiger partial charge in [-0.25, -0.2) is 0 Å². The fraction of sp³-hybridized carbons (Fsp3) is 0.300. The highest BCUT2D eigenvalue weighted by Gasteiger charge is 2.10. The third-order valence-corrected chi connectivity index (χ3v) is 2.09. The molecule has 0 amide bonds. The summed E-state index contributed by atoms with van der Waals surface area (Å²) in [7, 11) is 0. The summed E-state index contributed by atoms with van der Waals surface area (Å²) in [4.78, 5) is 11.5. The molecule has 0 radical (unpaired) electrons. The lowest BCUT2D eigenvalue weighted by Gasteiger charge is -2.06. The van der Waals surface area contributed by atoms with E-state index in [1.807, 2.05) is 19.1 Å². The van der Waals surface area contributed by atoms with Crippen LogP contribution < -0.4 is 5.73 Å². The molecule has 2 N–H and O–H groups in total. The number of anilines is 1. The summed E-state index contributed by atoms with van der Waals surface area (Å²) in [6.45, 7) is 1.87. The predicted molar refractivity (Wildman–Crippen MR) is 55.3 cm³/mol. The number of carbonyl (C=O) groups excluding carboxylic acids is 1. The minimum absolute atomic E-state index is 0.0191. The van der Waals surface area contributed by atoms with Gasteiger partial charge in [0.15, 0.2) is 5.78 Å². The first-order valence-corrected chi connectivity index (χ1v) is 4.64. The Labute approximate surface area is 82.7 Å². The molecule has 0 fully saturated rings. The van der Waals surface area contributed by atoms with Crippen LogP contribution >= 0.6 is 11.6 Å². The molecular weight excluding hydrogens is 186 g/mol. The van der Waals surface area contributed by atoms with E-state index in [-0.39, 0.29) is 5.78 Å². The van der Waals surface area contributed by atoms with Crippen LogP contribution in [0.15, 0.2) is 18.2 Å². The summed E-state index contributed by atoms with van der Waals surface area (Å²) >= 11 is 5.49. The number of aryl methyl sites for hydroxylation is 1. The molecule has 0 saturated heterocycles. The molecule has 0 atom stereocenters. The number of benzene rings is 1. The standard InChI is InChI=1S/C10H12ClNO/c1-7-3-2-4-8(12)10(7)9(13)5-6-11/h2-4H,5-6,12H2,1H3. The Morgan fingerprint density at radius 3 is 2.77 bits per heavy atom. The van der Waals surface area contributed by atoms with Crippen LogP contribution in [0.1, 0.15) is 22.3 Å². The second-order valence-electron chi connectivity index (χ2n) is 2.90. The monoisotopic (exact) mass is 197 g/mol. The molecule has 70 valence electrons. The number of alkyl halides is 1. The molecule has 0 aromatic heterocycles. The highest BCUT2D eigenvalue weighted by Crippen LogP contribution is 2.18. The van der Waals surface area contributed by atoms with Gasteiger partial charge in [0, 0.05) is 23.6 Å². The molecule has 2 nitrogen and oxygen atoms in total. The SMILES string of the molecule is Cc1cccc(N)c1C(=O)CCCl. The average molecular weight is 198 g/mol. The van der Waals surface area contributed by atoms with Gasteiger partial charge in [-0.3, -0.25) is 4.79 Å². The summed E-state index contributed by atoms with van der Waals surface area (Å²) in [6, 6.07) is 5.44. The number of nitrogen functional groups attached to an aromatic ring is 1. The fourth-order valence-corrected chi connectivity index (χ4v) is 1.45. The summed E-state index contributed by atoms with van der Waals surface area (Å²) in [5.41, 5.74) is 7.75. The number of Topliss-reactive ketones (excluding diaryl/α,β-unsaturated/α-hetero) is 1. The molecular formula is C10H12ClNO. The molecule has 0 spiro atoms. The van der Waals surface area contributed by atoms with Crippen LogP contribution in [-0.4, -0.2) is 11.7 Å². The average Bonchev–Trinajstić information content (AvgIpc) is 2.04. The molecule has 0 aliphatic carbocycles. The van der Waals surface area contributed by atoms with Crippen molar-refractivity contribution in [2.75, 3.05) is 11.6 Å². The maximum absolute atomic E-state index is 11.5. The molecule has 0 aliphatic rings. The van der Waals surface area contributed by atoms with E-state index in [1.165, 1.54) is 0 Å². The zero-order valence-corrected chi connectivity index (χ0v) is 8.27. The van der Waals surface area contributed by atoms with Crippen LogP contribution in [0, 0.1) is 6.92 Å². The lowest BCUT2D eigenvalue weighted by molar-refractivity contribution is 0.0989. The predicted octanol–water partition coefficient (Wildman–Crippen LogP) is 2.39. The number of hydrogen-bond acceptors (Lipinski definition) is 2. The van der Waals surface area contributed by atoms with Gasteiger partial charge < -0.3 is 5.73 Å². The lowest BCUT2D eigenvalue weighted by Crippen LogP contribution is -2.06. The van der Waals surface area contributed by atoms with E-state index in [1.54, 1.807) is 6.07 Å². The van der Waals surface area contributed by atoms with Crippen molar-refractivity contribution in [1.29, 1.82) is 0 Å². The van der Waals surface area contributed by atoms with Crippen molar-refractivity contribution in [2.45, 2.75) is 13.3 Å². The van der Waals surface area contributed by atoms with Gasteiger partial charge in [-0.15, -0.1) is 11.6 Å². The normalized spacial score (nSPS) is 10.0. The van der Waals surface area contributed by atoms with Gasteiger partial charge in [0.25, 0.3) is 0 Å². The van der Waals surface area contributed by atoms with Crippen LogP contribution in [0.5, 0.6) is 0 Å².